The van der Waals surface area contributed by atoms with Gasteiger partial charge >= 0.3 is 13.7 Å². The van der Waals surface area contributed by atoms with E-state index in [-0.39, 0.29) is 17.5 Å². The van der Waals surface area contributed by atoms with Gasteiger partial charge in [0.05, 0.1) is 11.2 Å². The van der Waals surface area contributed by atoms with Crippen LogP contribution >= 0.6 is 0 Å². The van der Waals surface area contributed by atoms with E-state index in [1.165, 1.54) is 11.6 Å². The van der Waals surface area contributed by atoms with Gasteiger partial charge in [-0.25, -0.2) is 4.58 Å². The van der Waals surface area contributed by atoms with E-state index in [2.05, 4.69) is 20.8 Å². The molecule has 0 aromatic heterocycles. The predicted octanol–water partition coefficient (Wildman–Crippen LogP) is 3.93. The van der Waals surface area contributed by atoms with Crippen LogP contribution in [0, 0.1) is 5.92 Å². The lowest BCUT2D eigenvalue weighted by Gasteiger charge is -2.30. The number of fused-ring (bicyclic) bond motifs is 1. The van der Waals surface area contributed by atoms with Crippen molar-refractivity contribution in [2.24, 2.45) is 5.92 Å². The Labute approximate surface area is 189 Å². The van der Waals surface area contributed by atoms with Gasteiger partial charge in [-0.05, 0) is 52.2 Å². The zero-order chi connectivity index (χ0) is 24.5. The molecule has 0 saturated heterocycles. The van der Waals surface area contributed by atoms with E-state index >= 15 is 0 Å². The molecule has 1 aliphatic rings. The summed E-state index contributed by atoms with van der Waals surface area (Å²) >= 11 is 0. The second-order valence-corrected chi connectivity index (χ2v) is 9.28. The largest absolute Gasteiger partial charge is 1.00 e. The second-order valence-electron chi connectivity index (χ2n) is 9.28. The number of aliphatic hydroxyl groups is 1. The molecule has 2 nitrogen and oxygen atoms in total. The maximum Gasteiger partial charge on any atom is 0.762 e. The van der Waals surface area contributed by atoms with Crippen LogP contribution in [0.3, 0.4) is 0 Å². The predicted molar refractivity (Wildman–Crippen MR) is 119 cm³/mol. The molecule has 0 saturated carbocycles. The maximum absolute atomic E-state index is 13.0. The first-order valence-electron chi connectivity index (χ1n) is 9.60. The van der Waals surface area contributed by atoms with E-state index in [0.29, 0.717) is 12.1 Å². The zero-order valence-electron chi connectivity index (χ0n) is 19.7. The lowest BCUT2D eigenvalue weighted by Crippen LogP contribution is -3.00. The van der Waals surface area contributed by atoms with Gasteiger partial charge in [0.1, 0.15) is 7.05 Å². The van der Waals surface area contributed by atoms with Crippen molar-refractivity contribution in [3.8, 4) is 0 Å². The van der Waals surface area contributed by atoms with Crippen LogP contribution in [-0.2, 0) is 5.41 Å². The summed E-state index contributed by atoms with van der Waals surface area (Å²) in [5.41, 5.74) is -0.225. The van der Waals surface area contributed by atoms with Crippen molar-refractivity contribution in [1.29, 1.82) is 0 Å². The highest BCUT2D eigenvalue weighted by Crippen LogP contribution is 2.35. The SMILES string of the molecule is C.CC(C)(C)O.CC(C)C.C[N+]1=C(C(F)(F)F)c2ccccc2C(C)(C)C1.FB(F)F.[F-]. The topological polar surface area (TPSA) is 23.2 Å². The Kier molecular flexibility index (Phi) is 18.0. The van der Waals surface area contributed by atoms with E-state index in [9.17, 15) is 26.1 Å². The molecule has 1 aromatic carbocycles. The number of likely N-dealkylation sites (N-methyl/N-ethyl adjacent to an activating group) is 1. The van der Waals surface area contributed by atoms with E-state index in [4.69, 9.17) is 5.11 Å². The average molecular weight is 477 g/mol. The first kappa shape index (κ1) is 37.7. The standard InChI is InChI=1S/C13H15F3N.C4H10O.C4H10.CH4.BF3.FH/c1-12(2)8-17(3)11(13(14,15)16)9-6-4-5-7-10(9)12;1-4(2,3)5;1-4(2)3;;2-1(3)4;/h4-7H,8H2,1-3H3;5H,1-3H3;4H,1-3H3;1H4;;1H/q+1;;;;;/p-1. The molecule has 0 fully saturated rings. The minimum atomic E-state index is -4.30. The van der Waals surface area contributed by atoms with Crippen molar-refractivity contribution in [2.75, 3.05) is 13.6 Å². The molecule has 0 aliphatic carbocycles. The smallest absolute Gasteiger partial charge is 0.762 e. The first-order valence-corrected chi connectivity index (χ1v) is 9.60. The van der Waals surface area contributed by atoms with Crippen LogP contribution < -0.4 is 4.70 Å². The lowest BCUT2D eigenvalue weighted by molar-refractivity contribution is -0.515. The molecule has 0 unspecified atom stereocenters. The van der Waals surface area contributed by atoms with E-state index in [1.54, 1.807) is 45.0 Å². The molecule has 1 aromatic rings. The molecule has 0 atom stereocenters. The highest BCUT2D eigenvalue weighted by atomic mass is 19.4. The highest BCUT2D eigenvalue weighted by molar-refractivity contribution is 6.33. The van der Waals surface area contributed by atoms with Crippen LogP contribution in [0.1, 0.15) is 73.9 Å². The number of nitrogens with zero attached hydrogens (tertiary/aromatic N) is 1. The van der Waals surface area contributed by atoms with Crippen molar-refractivity contribution in [3.05, 3.63) is 35.4 Å². The molecular weight excluding hydrogens is 438 g/mol. The minimum absolute atomic E-state index is 0. The van der Waals surface area contributed by atoms with Crippen LogP contribution in [0.5, 0.6) is 0 Å². The molecule has 0 amide bonds. The van der Waals surface area contributed by atoms with Crippen molar-refractivity contribution in [1.82, 2.24) is 0 Å². The van der Waals surface area contributed by atoms with E-state index in [1.807, 2.05) is 13.8 Å². The fraction of sp³-hybridized carbons (Fsp3) is 0.682. The molecule has 32 heavy (non-hydrogen) atoms. The molecule has 2 rings (SSSR count). The van der Waals surface area contributed by atoms with Gasteiger partial charge in [-0.1, -0.05) is 46.4 Å². The normalized spacial score (nSPS) is 14.0. The maximum atomic E-state index is 13.0. The number of hydrogen-bond donors (Lipinski definition) is 1. The van der Waals surface area contributed by atoms with E-state index in [0.717, 1.165) is 11.5 Å². The van der Waals surface area contributed by atoms with Gasteiger partial charge in [0.15, 0.2) is 6.54 Å². The minimum Gasteiger partial charge on any atom is -1.00 e. The van der Waals surface area contributed by atoms with Crippen LogP contribution in [0.2, 0.25) is 0 Å². The third-order valence-corrected chi connectivity index (χ3v) is 3.19. The number of rotatable bonds is 0. The Morgan fingerprint density at radius 1 is 1.00 bits per heavy atom. The van der Waals surface area contributed by atoms with Gasteiger partial charge in [-0.2, -0.15) is 13.2 Å². The Morgan fingerprint density at radius 3 is 1.62 bits per heavy atom. The number of benzene rings is 1. The van der Waals surface area contributed by atoms with Gasteiger partial charge in [0.25, 0.3) is 5.71 Å². The molecule has 1 N–H and O–H groups in total. The number of hydrogen-bond acceptors (Lipinski definition) is 1. The van der Waals surface area contributed by atoms with Crippen molar-refractivity contribution in [3.63, 3.8) is 0 Å². The summed E-state index contributed by atoms with van der Waals surface area (Å²) in [5.74, 6) is 0.833. The van der Waals surface area contributed by atoms with Gasteiger partial charge in [-0.3, -0.25) is 12.9 Å². The molecular formula is C22H39BF7NO. The second kappa shape index (κ2) is 15.3. The molecule has 0 spiro atoms. The summed E-state index contributed by atoms with van der Waals surface area (Å²) in [6, 6.07) is 6.78. The van der Waals surface area contributed by atoms with Crippen molar-refractivity contribution < 1.29 is 40.5 Å². The quantitative estimate of drug-likeness (QED) is 0.342. The number of halogens is 7. The average Bonchev–Trinajstić information content (AvgIpc) is 2.41. The van der Waals surface area contributed by atoms with Crippen molar-refractivity contribution >= 4 is 13.3 Å². The first-order chi connectivity index (χ1) is 13.2. The Bertz CT molecular complexity index is 649. The molecule has 10 heteroatoms. The Hall–Kier alpha value is -1.58. The van der Waals surface area contributed by atoms with Crippen LogP contribution in [0.15, 0.2) is 24.3 Å². The van der Waals surface area contributed by atoms with Gasteiger partial charge in [0.2, 0.25) is 0 Å². The van der Waals surface area contributed by atoms with Gasteiger partial charge in [0, 0.05) is 5.41 Å². The summed E-state index contributed by atoms with van der Waals surface area (Å²) in [6.07, 6.45) is -4.30. The van der Waals surface area contributed by atoms with E-state index < -0.39 is 25.0 Å². The molecule has 1 heterocycles. The zero-order valence-corrected chi connectivity index (χ0v) is 19.7. The third kappa shape index (κ3) is 18.0. The summed E-state index contributed by atoms with van der Waals surface area (Å²) in [4.78, 5) is 0. The monoisotopic (exact) mass is 477 g/mol. The summed E-state index contributed by atoms with van der Waals surface area (Å²) in [5, 5.41) is 8.52. The van der Waals surface area contributed by atoms with Crippen LogP contribution in [-0.4, -0.2) is 48.3 Å². The molecule has 190 valence electrons. The summed E-state index contributed by atoms with van der Waals surface area (Å²) < 4.78 is 69.4. The fourth-order valence-corrected chi connectivity index (χ4v) is 2.61. The van der Waals surface area contributed by atoms with Crippen LogP contribution in [0.25, 0.3) is 0 Å². The molecule has 0 bridgehead atoms. The third-order valence-electron chi connectivity index (χ3n) is 3.19. The van der Waals surface area contributed by atoms with Crippen molar-refractivity contribution in [2.45, 2.75) is 80.0 Å². The highest BCUT2D eigenvalue weighted by Gasteiger charge is 2.49. The molecule has 1 aliphatic heterocycles. The lowest BCUT2D eigenvalue weighted by atomic mass is 9.78. The number of alkyl halides is 3. The van der Waals surface area contributed by atoms with Gasteiger partial charge in [-0.15, -0.1) is 0 Å². The summed E-state index contributed by atoms with van der Waals surface area (Å²) in [6.45, 7) is 16.0. The fourth-order valence-electron chi connectivity index (χ4n) is 2.61. The Balaban J connectivity index is -0.000000219. The molecule has 0 radical (unpaired) electrons. The summed E-state index contributed by atoms with van der Waals surface area (Å²) in [7, 11) is -2.17. The van der Waals surface area contributed by atoms with Gasteiger partial charge < -0.3 is 9.81 Å². The Morgan fingerprint density at radius 2 is 1.31 bits per heavy atom. The van der Waals surface area contributed by atoms with Crippen LogP contribution in [0.4, 0.5) is 26.1 Å².